The summed E-state index contributed by atoms with van der Waals surface area (Å²) in [5.41, 5.74) is 3.19. The molecule has 3 aromatic carbocycles. The number of nitro benzene ring substituents is 1. The van der Waals surface area contributed by atoms with Gasteiger partial charge in [-0.2, -0.15) is 5.26 Å². The minimum Gasteiger partial charge on any atom is -0.488 e. The average Bonchev–Trinajstić information content (AvgIpc) is 2.72. The highest BCUT2D eigenvalue weighted by molar-refractivity contribution is 9.10. The highest BCUT2D eigenvalue weighted by atomic mass is 79.9. The molecular formula is C22H15BrN2O3. The Balaban J connectivity index is 1.72. The van der Waals surface area contributed by atoms with Crippen LogP contribution in [-0.4, -0.2) is 4.92 Å². The Kier molecular flexibility index (Phi) is 6.20. The van der Waals surface area contributed by atoms with Gasteiger partial charge < -0.3 is 4.74 Å². The molecule has 0 radical (unpaired) electrons. The predicted octanol–water partition coefficient (Wildman–Crippen LogP) is 6.00. The van der Waals surface area contributed by atoms with E-state index in [9.17, 15) is 15.4 Å². The monoisotopic (exact) mass is 434 g/mol. The normalized spacial score (nSPS) is 10.9. The van der Waals surface area contributed by atoms with Gasteiger partial charge in [0, 0.05) is 12.1 Å². The van der Waals surface area contributed by atoms with Crippen LogP contribution in [0.3, 0.4) is 0 Å². The quantitative estimate of drug-likeness (QED) is 0.206. The molecular weight excluding hydrogens is 420 g/mol. The fourth-order valence-corrected chi connectivity index (χ4v) is 3.07. The Hall–Kier alpha value is -3.43. The summed E-state index contributed by atoms with van der Waals surface area (Å²) < 4.78 is 6.55. The number of ether oxygens (including phenoxy) is 1. The van der Waals surface area contributed by atoms with E-state index in [-0.39, 0.29) is 5.69 Å². The molecule has 0 saturated heterocycles. The lowest BCUT2D eigenvalue weighted by atomic mass is 10.0. The highest BCUT2D eigenvalue weighted by Crippen LogP contribution is 2.29. The molecule has 0 heterocycles. The molecule has 28 heavy (non-hydrogen) atoms. The molecule has 0 atom stereocenters. The van der Waals surface area contributed by atoms with Gasteiger partial charge in [-0.05, 0) is 63.0 Å². The van der Waals surface area contributed by atoms with Gasteiger partial charge in [0.2, 0.25) is 0 Å². The Morgan fingerprint density at radius 1 is 1.11 bits per heavy atom. The van der Waals surface area contributed by atoms with Gasteiger partial charge in [-0.3, -0.25) is 10.1 Å². The predicted molar refractivity (Wildman–Crippen MR) is 111 cm³/mol. The zero-order chi connectivity index (χ0) is 19.9. The van der Waals surface area contributed by atoms with Crippen molar-refractivity contribution in [1.29, 1.82) is 5.26 Å². The molecule has 0 N–H and O–H groups in total. The van der Waals surface area contributed by atoms with E-state index in [2.05, 4.69) is 22.0 Å². The summed E-state index contributed by atoms with van der Waals surface area (Å²) in [6.07, 6.45) is 1.82. The van der Waals surface area contributed by atoms with Crippen molar-refractivity contribution in [1.82, 2.24) is 0 Å². The molecule has 3 aromatic rings. The van der Waals surface area contributed by atoms with Gasteiger partial charge in [-0.15, -0.1) is 0 Å². The molecule has 138 valence electrons. The molecule has 0 saturated carbocycles. The number of hydrogen-bond acceptors (Lipinski definition) is 4. The number of nitrogens with zero attached hydrogens (tertiary/aromatic N) is 2. The summed E-state index contributed by atoms with van der Waals surface area (Å²) in [6.45, 7) is 0.291. The van der Waals surface area contributed by atoms with Crippen LogP contribution >= 0.6 is 15.9 Å². The van der Waals surface area contributed by atoms with Crippen molar-refractivity contribution in [2.45, 2.75) is 6.61 Å². The summed E-state index contributed by atoms with van der Waals surface area (Å²) in [5.74, 6) is 0.647. The van der Waals surface area contributed by atoms with E-state index in [0.29, 0.717) is 17.9 Å². The Morgan fingerprint density at radius 3 is 2.43 bits per heavy atom. The molecule has 5 nitrogen and oxygen atoms in total. The molecule has 0 unspecified atom stereocenters. The van der Waals surface area contributed by atoms with Gasteiger partial charge in [0.05, 0.1) is 21.0 Å². The Morgan fingerprint density at radius 2 is 1.82 bits per heavy atom. The van der Waals surface area contributed by atoms with Crippen molar-refractivity contribution in [3.05, 3.63) is 104 Å². The van der Waals surface area contributed by atoms with Gasteiger partial charge >= 0.3 is 0 Å². The van der Waals surface area contributed by atoms with Crippen LogP contribution in [0.1, 0.15) is 16.7 Å². The number of halogens is 1. The smallest absolute Gasteiger partial charge is 0.269 e. The lowest BCUT2D eigenvalue weighted by Crippen LogP contribution is -1.97. The molecule has 0 spiro atoms. The highest BCUT2D eigenvalue weighted by Gasteiger charge is 2.07. The lowest BCUT2D eigenvalue weighted by molar-refractivity contribution is -0.384. The second kappa shape index (κ2) is 8.98. The van der Waals surface area contributed by atoms with Crippen molar-refractivity contribution in [3.63, 3.8) is 0 Å². The fraction of sp³-hybridized carbons (Fsp3) is 0.0455. The van der Waals surface area contributed by atoms with Crippen LogP contribution < -0.4 is 4.74 Å². The molecule has 0 fully saturated rings. The number of benzene rings is 3. The molecule has 0 aliphatic carbocycles. The van der Waals surface area contributed by atoms with Crippen LogP contribution in [0.4, 0.5) is 5.69 Å². The summed E-state index contributed by atoms with van der Waals surface area (Å²) in [6, 6.07) is 23.5. The van der Waals surface area contributed by atoms with Crippen LogP contribution in [0.25, 0.3) is 11.6 Å². The van der Waals surface area contributed by atoms with Gasteiger partial charge in [0.15, 0.2) is 0 Å². The number of hydrogen-bond donors (Lipinski definition) is 0. The third kappa shape index (κ3) is 4.84. The summed E-state index contributed by atoms with van der Waals surface area (Å²) in [7, 11) is 0. The first-order valence-electron chi connectivity index (χ1n) is 8.40. The van der Waals surface area contributed by atoms with Gasteiger partial charge in [0.1, 0.15) is 12.4 Å². The number of nitro groups is 1. The van der Waals surface area contributed by atoms with Crippen molar-refractivity contribution in [3.8, 4) is 11.8 Å². The Bertz CT molecular complexity index is 1060. The summed E-state index contributed by atoms with van der Waals surface area (Å²) >= 11 is 3.49. The maximum Gasteiger partial charge on any atom is 0.269 e. The van der Waals surface area contributed by atoms with E-state index in [0.717, 1.165) is 21.2 Å². The van der Waals surface area contributed by atoms with Crippen molar-refractivity contribution in [2.24, 2.45) is 0 Å². The molecule has 0 aliphatic heterocycles. The fourth-order valence-electron chi connectivity index (χ4n) is 2.56. The summed E-state index contributed by atoms with van der Waals surface area (Å²) in [4.78, 5) is 10.3. The lowest BCUT2D eigenvalue weighted by Gasteiger charge is -2.09. The molecule has 3 rings (SSSR count). The van der Waals surface area contributed by atoms with Gasteiger partial charge in [-0.25, -0.2) is 0 Å². The molecule has 6 heteroatoms. The minimum absolute atomic E-state index is 0.0489. The largest absolute Gasteiger partial charge is 0.488 e. The zero-order valence-corrected chi connectivity index (χ0v) is 16.3. The maximum absolute atomic E-state index is 10.7. The molecule has 0 aromatic heterocycles. The van der Waals surface area contributed by atoms with E-state index in [1.54, 1.807) is 12.1 Å². The first kappa shape index (κ1) is 19.3. The second-order valence-electron chi connectivity index (χ2n) is 5.94. The number of nitriles is 1. The van der Waals surface area contributed by atoms with E-state index >= 15 is 0 Å². The average molecular weight is 435 g/mol. The number of non-ortho nitro benzene ring substituents is 1. The van der Waals surface area contributed by atoms with Crippen LogP contribution in [-0.2, 0) is 6.61 Å². The first-order chi connectivity index (χ1) is 13.6. The van der Waals surface area contributed by atoms with Gasteiger partial charge in [-0.1, -0.05) is 36.4 Å². The zero-order valence-electron chi connectivity index (χ0n) is 14.7. The van der Waals surface area contributed by atoms with E-state index < -0.39 is 4.92 Å². The van der Waals surface area contributed by atoms with Crippen LogP contribution in [0.5, 0.6) is 5.75 Å². The van der Waals surface area contributed by atoms with Crippen LogP contribution in [0, 0.1) is 21.4 Å². The van der Waals surface area contributed by atoms with Crippen molar-refractivity contribution >= 4 is 33.3 Å². The Labute approximate surface area is 170 Å². The maximum atomic E-state index is 10.7. The first-order valence-corrected chi connectivity index (χ1v) is 9.19. The van der Waals surface area contributed by atoms with Crippen molar-refractivity contribution in [2.75, 3.05) is 0 Å². The SMILES string of the molecule is N#C/C(=C/c1ccc(OCc2ccc([N+](=O)[O-])cc2)c(Br)c1)c1ccccc1. The van der Waals surface area contributed by atoms with E-state index in [1.165, 1.54) is 12.1 Å². The summed E-state index contributed by atoms with van der Waals surface area (Å²) in [5, 5.41) is 20.1. The molecule has 0 bridgehead atoms. The standard InChI is InChI=1S/C22H15BrN2O3/c23-21-13-17(12-19(14-24)18-4-2-1-3-5-18)8-11-22(21)28-15-16-6-9-20(10-7-16)25(26)27/h1-13H,15H2/b19-12-. The van der Waals surface area contributed by atoms with Crippen LogP contribution in [0.15, 0.2) is 77.3 Å². The molecule has 0 amide bonds. The third-order valence-corrected chi connectivity index (χ3v) is 4.63. The van der Waals surface area contributed by atoms with Crippen molar-refractivity contribution < 1.29 is 9.66 Å². The number of rotatable bonds is 6. The van der Waals surface area contributed by atoms with Gasteiger partial charge in [0.25, 0.3) is 5.69 Å². The second-order valence-corrected chi connectivity index (χ2v) is 6.79. The third-order valence-electron chi connectivity index (χ3n) is 4.01. The number of allylic oxidation sites excluding steroid dienone is 1. The molecule has 0 aliphatic rings. The minimum atomic E-state index is -0.432. The van der Waals surface area contributed by atoms with Crippen LogP contribution in [0.2, 0.25) is 0 Å². The topological polar surface area (TPSA) is 76.2 Å². The van der Waals surface area contributed by atoms with E-state index in [4.69, 9.17) is 4.74 Å². The van der Waals surface area contributed by atoms with E-state index in [1.807, 2.05) is 54.6 Å².